The van der Waals surface area contributed by atoms with Gasteiger partial charge >= 0.3 is 6.03 Å². The Balaban J connectivity index is 1.90. The minimum atomic E-state index is -0.809. The Morgan fingerprint density at radius 3 is 2.56 bits per heavy atom. The average Bonchev–Trinajstić information content (AvgIpc) is 3.13. The van der Waals surface area contributed by atoms with E-state index in [9.17, 15) is 19.2 Å². The summed E-state index contributed by atoms with van der Waals surface area (Å²) in [5, 5.41) is 4.90. The molecular weight excluding hydrogens is 416 g/mol. The number of benzene rings is 1. The van der Waals surface area contributed by atoms with E-state index in [0.29, 0.717) is 15.7 Å². The molecule has 1 saturated heterocycles. The van der Waals surface area contributed by atoms with Crippen LogP contribution in [0.1, 0.15) is 32.8 Å². The van der Waals surface area contributed by atoms with Gasteiger partial charge in [-0.2, -0.15) is 0 Å². The third-order valence-electron chi connectivity index (χ3n) is 4.37. The molecule has 27 heavy (non-hydrogen) atoms. The molecule has 2 aromatic rings. The van der Waals surface area contributed by atoms with E-state index in [4.69, 9.17) is 0 Å². The maximum atomic E-state index is 12.9. The lowest BCUT2D eigenvalue weighted by molar-refractivity contribution is -0.115. The smallest absolute Gasteiger partial charge is 0.336 e. The highest BCUT2D eigenvalue weighted by Crippen LogP contribution is 2.33. The quantitative estimate of drug-likeness (QED) is 0.476. The Bertz CT molecular complexity index is 1030. The molecule has 0 radical (unpaired) electrons. The number of imide groups is 2. The zero-order valence-corrected chi connectivity index (χ0v) is 15.4. The number of hydrogen-bond acceptors (Lipinski definition) is 4. The number of halogens is 1. The summed E-state index contributed by atoms with van der Waals surface area (Å²) in [6.45, 7) is 0.270. The lowest BCUT2D eigenvalue weighted by Gasteiger charge is -2.17. The zero-order valence-electron chi connectivity index (χ0n) is 13.8. The van der Waals surface area contributed by atoms with Gasteiger partial charge in [0.2, 0.25) is 0 Å². The van der Waals surface area contributed by atoms with Crippen LogP contribution in [0.25, 0.3) is 5.57 Å². The number of urea groups is 1. The normalized spacial score (nSPS) is 19.4. The molecule has 0 bridgehead atoms. The number of aromatic nitrogens is 1. The molecule has 1 aromatic carbocycles. The first-order valence-corrected chi connectivity index (χ1v) is 8.91. The molecule has 4 rings (SSSR count). The molecule has 9 heteroatoms. The van der Waals surface area contributed by atoms with Crippen molar-refractivity contribution in [2.75, 3.05) is 6.54 Å². The Hall–Kier alpha value is -3.20. The number of hydrogen-bond donors (Lipinski definition) is 3. The largest absolute Gasteiger partial charge is 0.350 e. The van der Waals surface area contributed by atoms with Crippen molar-refractivity contribution in [2.24, 2.45) is 0 Å². The average molecular weight is 429 g/mol. The number of carbonyl (C=O) groups excluding carboxylic acids is 4. The van der Waals surface area contributed by atoms with Crippen LogP contribution >= 0.6 is 15.9 Å². The Kier molecular flexibility index (Phi) is 4.15. The Morgan fingerprint density at radius 2 is 1.81 bits per heavy atom. The minimum absolute atomic E-state index is 0.0573. The van der Waals surface area contributed by atoms with Crippen molar-refractivity contribution >= 4 is 45.3 Å². The molecular formula is C18H13BrN4O4. The second kappa shape index (κ2) is 6.51. The number of rotatable bonds is 1. The summed E-state index contributed by atoms with van der Waals surface area (Å²) in [4.78, 5) is 53.8. The number of amides is 5. The maximum Gasteiger partial charge on any atom is 0.336 e. The summed E-state index contributed by atoms with van der Waals surface area (Å²) in [5.74, 6) is -1.60. The van der Waals surface area contributed by atoms with Crippen LogP contribution in [0, 0.1) is 0 Å². The summed E-state index contributed by atoms with van der Waals surface area (Å²) in [7, 11) is 0. The molecule has 0 spiro atoms. The molecule has 0 saturated carbocycles. The topological polar surface area (TPSA) is 111 Å². The van der Waals surface area contributed by atoms with Crippen molar-refractivity contribution in [3.05, 3.63) is 63.5 Å². The van der Waals surface area contributed by atoms with Gasteiger partial charge in [0.05, 0.1) is 4.60 Å². The highest BCUT2D eigenvalue weighted by atomic mass is 79.9. The highest BCUT2D eigenvalue weighted by molar-refractivity contribution is 9.10. The number of nitrogens with one attached hydrogen (secondary N) is 3. The SMILES string of the molecule is O=C1NC(=O)N(C(=O)c2ccccc2)/C1=C1/CCNC(=O)c2[nH]c(Br)cc21. The van der Waals surface area contributed by atoms with E-state index in [0.717, 1.165) is 4.90 Å². The fraction of sp³-hybridized carbons (Fsp3) is 0.111. The van der Waals surface area contributed by atoms with Crippen LogP contribution in [0.2, 0.25) is 0 Å². The van der Waals surface area contributed by atoms with Crippen molar-refractivity contribution < 1.29 is 19.2 Å². The van der Waals surface area contributed by atoms with Gasteiger partial charge in [-0.15, -0.1) is 0 Å². The molecule has 136 valence electrons. The van der Waals surface area contributed by atoms with Crippen LogP contribution in [-0.2, 0) is 4.79 Å². The minimum Gasteiger partial charge on any atom is -0.350 e. The second-order valence-electron chi connectivity index (χ2n) is 6.00. The summed E-state index contributed by atoms with van der Waals surface area (Å²) in [6, 6.07) is 9.07. The number of aromatic amines is 1. The molecule has 2 aliphatic rings. The molecule has 2 aliphatic heterocycles. The van der Waals surface area contributed by atoms with Gasteiger partial charge in [0, 0.05) is 17.7 Å². The lowest BCUT2D eigenvalue weighted by atomic mass is 10.0. The predicted octanol–water partition coefficient (Wildman–Crippen LogP) is 2.01. The lowest BCUT2D eigenvalue weighted by Crippen LogP contribution is -2.33. The molecule has 0 atom stereocenters. The first-order valence-electron chi connectivity index (χ1n) is 8.12. The van der Waals surface area contributed by atoms with Gasteiger partial charge in [-0.1, -0.05) is 18.2 Å². The van der Waals surface area contributed by atoms with Gasteiger partial charge in [0.1, 0.15) is 11.4 Å². The van der Waals surface area contributed by atoms with Gasteiger partial charge in [-0.3, -0.25) is 19.7 Å². The van der Waals surface area contributed by atoms with E-state index in [-0.39, 0.29) is 35.8 Å². The standard InChI is InChI=1S/C18H13BrN4O4/c19-12-8-11-10(6-7-20-15(24)13(11)21-12)14-16(25)22-18(27)23(14)17(26)9-4-2-1-3-5-9/h1-5,8,21H,6-7H2,(H,20,24)(H,22,25,27)/b14-10-. The van der Waals surface area contributed by atoms with Crippen LogP contribution in [0.5, 0.6) is 0 Å². The second-order valence-corrected chi connectivity index (χ2v) is 6.86. The van der Waals surface area contributed by atoms with Crippen LogP contribution in [0.3, 0.4) is 0 Å². The molecule has 0 aliphatic carbocycles. The molecule has 1 aromatic heterocycles. The van der Waals surface area contributed by atoms with E-state index in [1.807, 2.05) is 0 Å². The molecule has 3 heterocycles. The Morgan fingerprint density at radius 1 is 1.07 bits per heavy atom. The van der Waals surface area contributed by atoms with Crippen molar-refractivity contribution in [1.82, 2.24) is 20.5 Å². The number of H-pyrrole nitrogens is 1. The van der Waals surface area contributed by atoms with Gasteiger partial charge in [0.15, 0.2) is 0 Å². The van der Waals surface area contributed by atoms with Gasteiger partial charge in [-0.05, 0) is 46.1 Å². The van der Waals surface area contributed by atoms with E-state index < -0.39 is 17.8 Å². The summed E-state index contributed by atoms with van der Waals surface area (Å²) in [6.07, 6.45) is 0.289. The number of nitrogens with zero attached hydrogens (tertiary/aromatic N) is 1. The van der Waals surface area contributed by atoms with Gasteiger partial charge < -0.3 is 10.3 Å². The van der Waals surface area contributed by atoms with E-state index in [2.05, 4.69) is 31.5 Å². The highest BCUT2D eigenvalue weighted by Gasteiger charge is 2.41. The summed E-state index contributed by atoms with van der Waals surface area (Å²) >= 11 is 3.28. The third kappa shape index (κ3) is 2.85. The summed E-state index contributed by atoms with van der Waals surface area (Å²) < 4.78 is 0.549. The molecule has 8 nitrogen and oxygen atoms in total. The van der Waals surface area contributed by atoms with Crippen LogP contribution in [-0.4, -0.2) is 40.2 Å². The molecule has 0 unspecified atom stereocenters. The van der Waals surface area contributed by atoms with Crippen molar-refractivity contribution in [3.63, 3.8) is 0 Å². The van der Waals surface area contributed by atoms with Crippen molar-refractivity contribution in [3.8, 4) is 0 Å². The van der Waals surface area contributed by atoms with Crippen molar-refractivity contribution in [2.45, 2.75) is 6.42 Å². The monoisotopic (exact) mass is 428 g/mol. The van der Waals surface area contributed by atoms with Gasteiger partial charge in [0.25, 0.3) is 17.7 Å². The van der Waals surface area contributed by atoms with E-state index >= 15 is 0 Å². The molecule has 1 fully saturated rings. The number of carbonyl (C=O) groups is 4. The van der Waals surface area contributed by atoms with E-state index in [1.165, 1.54) is 0 Å². The first-order chi connectivity index (χ1) is 13.0. The first kappa shape index (κ1) is 17.2. The molecule has 5 amide bonds. The molecule has 3 N–H and O–H groups in total. The fourth-order valence-electron chi connectivity index (χ4n) is 3.20. The van der Waals surface area contributed by atoms with Crippen LogP contribution in [0.4, 0.5) is 4.79 Å². The van der Waals surface area contributed by atoms with Gasteiger partial charge in [-0.25, -0.2) is 9.69 Å². The van der Waals surface area contributed by atoms with E-state index in [1.54, 1.807) is 36.4 Å². The van der Waals surface area contributed by atoms with Crippen LogP contribution in [0.15, 0.2) is 46.7 Å². The van der Waals surface area contributed by atoms with Crippen LogP contribution < -0.4 is 10.6 Å². The summed E-state index contributed by atoms with van der Waals surface area (Å²) in [5.41, 5.74) is 1.40. The number of fused-ring (bicyclic) bond motifs is 1. The fourth-order valence-corrected chi connectivity index (χ4v) is 3.63. The Labute approximate surface area is 161 Å². The van der Waals surface area contributed by atoms with Crippen molar-refractivity contribution in [1.29, 1.82) is 0 Å². The third-order valence-corrected chi connectivity index (χ3v) is 4.80. The zero-order chi connectivity index (χ0) is 19.1. The maximum absolute atomic E-state index is 12.9. The predicted molar refractivity (Wildman–Crippen MR) is 98.5 cm³/mol.